The predicted molar refractivity (Wildman–Crippen MR) is 103 cm³/mol. The van der Waals surface area contributed by atoms with Gasteiger partial charge in [0.15, 0.2) is 0 Å². The van der Waals surface area contributed by atoms with Gasteiger partial charge in [0.25, 0.3) is 0 Å². The van der Waals surface area contributed by atoms with Gasteiger partial charge in [-0.1, -0.05) is 24.3 Å². The molecule has 0 aliphatic carbocycles. The number of urea groups is 1. The van der Waals surface area contributed by atoms with Crippen LogP contribution in [0.25, 0.3) is 0 Å². The van der Waals surface area contributed by atoms with E-state index in [0.29, 0.717) is 24.5 Å². The first-order valence-corrected chi connectivity index (χ1v) is 10.1. The molecule has 1 saturated heterocycles. The molecule has 0 saturated carbocycles. The van der Waals surface area contributed by atoms with Gasteiger partial charge in [0.2, 0.25) is 10.0 Å². The van der Waals surface area contributed by atoms with E-state index in [1.165, 1.54) is 17.5 Å². The maximum Gasteiger partial charge on any atom is 0.321 e. The maximum absolute atomic E-state index is 13.0. The molecule has 2 aromatic rings. The van der Waals surface area contributed by atoms with Gasteiger partial charge in [0, 0.05) is 37.4 Å². The monoisotopic (exact) mass is 389 g/mol. The Morgan fingerprint density at radius 1 is 1.11 bits per heavy atom. The number of para-hydroxylation sites is 1. The summed E-state index contributed by atoms with van der Waals surface area (Å²) in [6, 6.07) is 15.0. The third kappa shape index (κ3) is 4.23. The molecule has 1 N–H and O–H groups in total. The molecule has 1 atom stereocenters. The van der Waals surface area contributed by atoms with Crippen molar-refractivity contribution in [1.29, 1.82) is 0 Å². The van der Waals surface area contributed by atoms with Crippen molar-refractivity contribution >= 4 is 21.7 Å². The van der Waals surface area contributed by atoms with Gasteiger partial charge in [-0.3, -0.25) is 0 Å². The van der Waals surface area contributed by atoms with Crippen molar-refractivity contribution < 1.29 is 17.9 Å². The number of rotatable bonds is 4. The van der Waals surface area contributed by atoms with Crippen molar-refractivity contribution in [3.8, 4) is 5.75 Å². The smallest absolute Gasteiger partial charge is 0.321 e. The number of nitrogens with one attached hydrogen (secondary N) is 1. The summed E-state index contributed by atoms with van der Waals surface area (Å²) in [5.74, 6) is 0.490. The number of amides is 2. The number of hydrogen-bond donors (Lipinski definition) is 1. The van der Waals surface area contributed by atoms with Gasteiger partial charge in [0.05, 0.1) is 12.0 Å². The van der Waals surface area contributed by atoms with Gasteiger partial charge < -0.3 is 15.0 Å². The van der Waals surface area contributed by atoms with Crippen molar-refractivity contribution in [3.63, 3.8) is 0 Å². The highest BCUT2D eigenvalue weighted by Gasteiger charge is 2.35. The number of methoxy groups -OCH3 is 1. The minimum absolute atomic E-state index is 0.191. The molecule has 0 spiro atoms. The average molecular weight is 389 g/mol. The summed E-state index contributed by atoms with van der Waals surface area (Å²) in [5.41, 5.74) is 0.710. The van der Waals surface area contributed by atoms with Crippen LogP contribution in [-0.4, -0.2) is 56.4 Å². The van der Waals surface area contributed by atoms with Crippen LogP contribution >= 0.6 is 0 Å². The lowest BCUT2D eigenvalue weighted by Gasteiger charge is -2.38. The van der Waals surface area contributed by atoms with Gasteiger partial charge in [-0.2, -0.15) is 4.31 Å². The molecule has 8 heteroatoms. The fourth-order valence-corrected chi connectivity index (χ4v) is 4.75. The molecular formula is C19H23N3O4S. The van der Waals surface area contributed by atoms with Crippen molar-refractivity contribution in [3.05, 3.63) is 54.6 Å². The zero-order valence-corrected chi connectivity index (χ0v) is 16.1. The van der Waals surface area contributed by atoms with Crippen LogP contribution in [0.1, 0.15) is 6.92 Å². The van der Waals surface area contributed by atoms with Gasteiger partial charge in [-0.05, 0) is 31.2 Å². The third-order valence-corrected chi connectivity index (χ3v) is 6.54. The molecule has 2 amide bonds. The standard InChI is InChI=1S/C19H23N3O4S/c1-15-14-21(19(23)20-16-7-4-3-5-8-16)11-12-22(15)27(24,25)18-10-6-9-17(13-18)26-2/h3-10,13,15H,11-12,14H2,1-2H3,(H,20,23). The van der Waals surface area contributed by atoms with E-state index in [2.05, 4.69) is 5.32 Å². The minimum atomic E-state index is -3.66. The van der Waals surface area contributed by atoms with E-state index in [1.807, 2.05) is 30.3 Å². The van der Waals surface area contributed by atoms with Gasteiger partial charge >= 0.3 is 6.03 Å². The van der Waals surface area contributed by atoms with Crippen LogP contribution in [0.2, 0.25) is 0 Å². The van der Waals surface area contributed by atoms with Crippen LogP contribution in [0.3, 0.4) is 0 Å². The first-order chi connectivity index (χ1) is 12.9. The molecule has 1 aliphatic rings. The molecule has 0 aromatic heterocycles. The first kappa shape index (κ1) is 19.2. The highest BCUT2D eigenvalue weighted by atomic mass is 32.2. The molecule has 1 fully saturated rings. The predicted octanol–water partition coefficient (Wildman–Crippen LogP) is 2.62. The molecule has 3 rings (SSSR count). The average Bonchev–Trinajstić information content (AvgIpc) is 2.68. The quantitative estimate of drug-likeness (QED) is 0.872. The molecule has 1 unspecified atom stereocenters. The number of carbonyl (C=O) groups excluding carboxylic acids is 1. The number of sulfonamides is 1. The maximum atomic E-state index is 13.0. The van der Waals surface area contributed by atoms with E-state index in [4.69, 9.17) is 4.74 Å². The van der Waals surface area contributed by atoms with E-state index in [9.17, 15) is 13.2 Å². The Hall–Kier alpha value is -2.58. The number of benzene rings is 2. The Morgan fingerprint density at radius 2 is 1.85 bits per heavy atom. The molecule has 0 radical (unpaired) electrons. The van der Waals surface area contributed by atoms with Crippen molar-refractivity contribution in [2.45, 2.75) is 17.9 Å². The lowest BCUT2D eigenvalue weighted by atomic mass is 10.2. The van der Waals surface area contributed by atoms with E-state index in [0.717, 1.165) is 0 Å². The Kier molecular flexibility index (Phi) is 5.67. The molecule has 1 heterocycles. The highest BCUT2D eigenvalue weighted by Crippen LogP contribution is 2.24. The van der Waals surface area contributed by atoms with Crippen LogP contribution in [0.15, 0.2) is 59.5 Å². The van der Waals surface area contributed by atoms with E-state index < -0.39 is 10.0 Å². The summed E-state index contributed by atoms with van der Waals surface area (Å²) in [4.78, 5) is 14.3. The van der Waals surface area contributed by atoms with E-state index in [-0.39, 0.29) is 23.5 Å². The summed E-state index contributed by atoms with van der Waals surface area (Å²) in [5, 5.41) is 2.84. The van der Waals surface area contributed by atoms with Crippen LogP contribution in [0.5, 0.6) is 5.75 Å². The van der Waals surface area contributed by atoms with Crippen LogP contribution < -0.4 is 10.1 Å². The highest BCUT2D eigenvalue weighted by molar-refractivity contribution is 7.89. The van der Waals surface area contributed by atoms with E-state index in [1.54, 1.807) is 30.0 Å². The van der Waals surface area contributed by atoms with Crippen molar-refractivity contribution in [2.75, 3.05) is 32.1 Å². The first-order valence-electron chi connectivity index (χ1n) is 8.68. The number of anilines is 1. The molecular weight excluding hydrogens is 366 g/mol. The summed E-state index contributed by atoms with van der Waals surface area (Å²) >= 11 is 0. The summed E-state index contributed by atoms with van der Waals surface area (Å²) in [6.45, 7) is 2.69. The molecule has 27 heavy (non-hydrogen) atoms. The Labute approximate surface area is 159 Å². The fourth-order valence-electron chi connectivity index (χ4n) is 3.10. The van der Waals surface area contributed by atoms with Crippen molar-refractivity contribution in [2.24, 2.45) is 0 Å². The normalized spacial score (nSPS) is 18.1. The number of piperazine rings is 1. The SMILES string of the molecule is COc1cccc(S(=O)(=O)N2CCN(C(=O)Nc3ccccc3)CC2C)c1. The molecule has 2 aromatic carbocycles. The largest absolute Gasteiger partial charge is 0.497 e. The Balaban J connectivity index is 1.70. The second-order valence-corrected chi connectivity index (χ2v) is 8.28. The summed E-state index contributed by atoms with van der Waals surface area (Å²) in [6.07, 6.45) is 0. The number of carbonyl (C=O) groups is 1. The van der Waals surface area contributed by atoms with Gasteiger partial charge in [-0.25, -0.2) is 13.2 Å². The second kappa shape index (κ2) is 7.98. The van der Waals surface area contributed by atoms with E-state index >= 15 is 0 Å². The summed E-state index contributed by atoms with van der Waals surface area (Å²) in [7, 11) is -2.16. The lowest BCUT2D eigenvalue weighted by molar-refractivity contribution is 0.157. The zero-order chi connectivity index (χ0) is 19.4. The minimum Gasteiger partial charge on any atom is -0.497 e. The summed E-state index contributed by atoms with van der Waals surface area (Å²) < 4.78 is 32.5. The number of ether oxygens (including phenoxy) is 1. The van der Waals surface area contributed by atoms with Crippen LogP contribution in [0, 0.1) is 0 Å². The molecule has 7 nitrogen and oxygen atoms in total. The Bertz CT molecular complexity index is 902. The number of nitrogens with zero attached hydrogens (tertiary/aromatic N) is 2. The fraction of sp³-hybridized carbons (Fsp3) is 0.316. The molecule has 1 aliphatic heterocycles. The molecule has 0 bridgehead atoms. The number of hydrogen-bond acceptors (Lipinski definition) is 4. The van der Waals surface area contributed by atoms with Gasteiger partial charge in [-0.15, -0.1) is 0 Å². The topological polar surface area (TPSA) is 79.0 Å². The van der Waals surface area contributed by atoms with Gasteiger partial charge in [0.1, 0.15) is 5.75 Å². The zero-order valence-electron chi connectivity index (χ0n) is 15.3. The Morgan fingerprint density at radius 3 is 2.52 bits per heavy atom. The third-order valence-electron chi connectivity index (χ3n) is 4.53. The van der Waals surface area contributed by atoms with Crippen LogP contribution in [-0.2, 0) is 10.0 Å². The van der Waals surface area contributed by atoms with Crippen molar-refractivity contribution in [1.82, 2.24) is 9.21 Å². The van der Waals surface area contributed by atoms with Crippen LogP contribution in [0.4, 0.5) is 10.5 Å². The lowest BCUT2D eigenvalue weighted by Crippen LogP contribution is -2.56. The second-order valence-electron chi connectivity index (χ2n) is 6.39. The molecule has 144 valence electrons.